The molecule has 7 heteroatoms. The average molecular weight is 392 g/mol. The number of amides is 2. The first kappa shape index (κ1) is 18.9. The van der Waals surface area contributed by atoms with Crippen LogP contribution in [0.4, 0.5) is 5.00 Å². The SMILES string of the molecule is CC(C)(C)[C@@H]1CCc2c(sc(NC(=O)c3cccnc3Cl)c2C(N)=O)C1. The Bertz CT molecular complexity index is 870. The maximum atomic E-state index is 12.6. The number of primary amides is 1. The van der Waals surface area contributed by atoms with Crippen LogP contribution >= 0.6 is 22.9 Å². The minimum Gasteiger partial charge on any atom is -0.365 e. The number of nitrogens with one attached hydrogen (secondary N) is 1. The van der Waals surface area contributed by atoms with Gasteiger partial charge in [0, 0.05) is 11.1 Å². The van der Waals surface area contributed by atoms with Crippen molar-refractivity contribution in [3.05, 3.63) is 45.1 Å². The molecule has 2 heterocycles. The number of rotatable bonds is 3. The van der Waals surface area contributed by atoms with Gasteiger partial charge in [-0.2, -0.15) is 0 Å². The fourth-order valence-electron chi connectivity index (χ4n) is 3.40. The van der Waals surface area contributed by atoms with Crippen molar-refractivity contribution in [2.75, 3.05) is 5.32 Å². The van der Waals surface area contributed by atoms with Crippen LogP contribution in [0, 0.1) is 11.3 Å². The quantitative estimate of drug-likeness (QED) is 0.765. The van der Waals surface area contributed by atoms with Gasteiger partial charge in [-0.1, -0.05) is 32.4 Å². The average Bonchev–Trinajstić information content (AvgIpc) is 2.91. The maximum absolute atomic E-state index is 12.6. The number of anilines is 1. The number of pyridine rings is 1. The molecule has 0 unspecified atom stereocenters. The number of thiophene rings is 1. The summed E-state index contributed by atoms with van der Waals surface area (Å²) in [7, 11) is 0. The normalized spacial score (nSPS) is 16.8. The van der Waals surface area contributed by atoms with E-state index >= 15 is 0 Å². The van der Waals surface area contributed by atoms with Crippen LogP contribution in [0.15, 0.2) is 18.3 Å². The summed E-state index contributed by atoms with van der Waals surface area (Å²) in [5.74, 6) is -0.369. The van der Waals surface area contributed by atoms with E-state index < -0.39 is 11.8 Å². The van der Waals surface area contributed by atoms with Crippen LogP contribution in [0.25, 0.3) is 0 Å². The van der Waals surface area contributed by atoms with Gasteiger partial charge in [0.1, 0.15) is 10.2 Å². The largest absolute Gasteiger partial charge is 0.365 e. The van der Waals surface area contributed by atoms with Crippen LogP contribution < -0.4 is 11.1 Å². The molecule has 0 radical (unpaired) electrons. The number of fused-ring (bicyclic) bond motifs is 1. The molecule has 2 aromatic heterocycles. The van der Waals surface area contributed by atoms with Crippen molar-refractivity contribution in [2.45, 2.75) is 40.0 Å². The standard InChI is InChI=1S/C19H22ClN3O2S/c1-19(2,3)10-6-7-11-13(9-10)26-18(14(11)16(21)24)23-17(25)12-5-4-8-22-15(12)20/h4-5,8,10H,6-7,9H2,1-3H3,(H2,21,24)(H,23,25)/t10-/m1/s1. The molecule has 0 fully saturated rings. The lowest BCUT2D eigenvalue weighted by Gasteiger charge is -2.33. The van der Waals surface area contributed by atoms with Gasteiger partial charge in [-0.3, -0.25) is 9.59 Å². The number of hydrogen-bond donors (Lipinski definition) is 2. The lowest BCUT2D eigenvalue weighted by atomic mass is 9.72. The summed E-state index contributed by atoms with van der Waals surface area (Å²) in [6.07, 6.45) is 4.22. The van der Waals surface area contributed by atoms with Gasteiger partial charge in [0.05, 0.1) is 11.1 Å². The second-order valence-corrected chi connectivity index (χ2v) is 9.14. The zero-order chi connectivity index (χ0) is 19.1. The molecule has 2 aromatic rings. The first-order valence-electron chi connectivity index (χ1n) is 8.54. The van der Waals surface area contributed by atoms with Crippen LogP contribution in [0.2, 0.25) is 5.15 Å². The Morgan fingerprint density at radius 2 is 2.12 bits per heavy atom. The van der Waals surface area contributed by atoms with E-state index in [-0.39, 0.29) is 16.1 Å². The van der Waals surface area contributed by atoms with E-state index in [1.165, 1.54) is 17.5 Å². The summed E-state index contributed by atoms with van der Waals surface area (Å²) < 4.78 is 0. The van der Waals surface area contributed by atoms with Gasteiger partial charge < -0.3 is 11.1 Å². The first-order valence-corrected chi connectivity index (χ1v) is 9.74. The van der Waals surface area contributed by atoms with Crippen LogP contribution in [-0.4, -0.2) is 16.8 Å². The zero-order valence-corrected chi connectivity index (χ0v) is 16.6. The molecule has 138 valence electrons. The molecule has 1 aliphatic rings. The summed E-state index contributed by atoms with van der Waals surface area (Å²) >= 11 is 7.44. The predicted molar refractivity (Wildman–Crippen MR) is 105 cm³/mol. The van der Waals surface area contributed by atoms with Crippen molar-refractivity contribution >= 4 is 39.8 Å². The van der Waals surface area contributed by atoms with Gasteiger partial charge in [0.15, 0.2) is 0 Å². The van der Waals surface area contributed by atoms with Crippen molar-refractivity contribution in [1.29, 1.82) is 0 Å². The van der Waals surface area contributed by atoms with Crippen LogP contribution in [0.3, 0.4) is 0 Å². The Morgan fingerprint density at radius 1 is 1.38 bits per heavy atom. The number of carbonyl (C=O) groups is 2. The number of nitrogens with two attached hydrogens (primary N) is 1. The molecule has 0 aliphatic heterocycles. The first-order chi connectivity index (χ1) is 12.2. The molecule has 26 heavy (non-hydrogen) atoms. The van der Waals surface area contributed by atoms with Crippen LogP contribution in [0.5, 0.6) is 0 Å². The highest BCUT2D eigenvalue weighted by atomic mass is 35.5. The van der Waals surface area contributed by atoms with Crippen molar-refractivity contribution < 1.29 is 9.59 Å². The summed E-state index contributed by atoms with van der Waals surface area (Å²) in [4.78, 5) is 29.7. The number of nitrogens with zero attached hydrogens (tertiary/aromatic N) is 1. The highest BCUT2D eigenvalue weighted by Gasteiger charge is 2.33. The van der Waals surface area contributed by atoms with Gasteiger partial charge in [0.2, 0.25) is 0 Å². The van der Waals surface area contributed by atoms with Gasteiger partial charge in [-0.15, -0.1) is 11.3 Å². The maximum Gasteiger partial charge on any atom is 0.259 e. The lowest BCUT2D eigenvalue weighted by Crippen LogP contribution is -2.27. The fourth-order valence-corrected chi connectivity index (χ4v) is 4.93. The highest BCUT2D eigenvalue weighted by molar-refractivity contribution is 7.17. The minimum absolute atomic E-state index is 0.125. The molecule has 3 N–H and O–H groups in total. The minimum atomic E-state index is -0.510. The van der Waals surface area contributed by atoms with Gasteiger partial charge in [-0.25, -0.2) is 4.98 Å². The van der Waals surface area contributed by atoms with E-state index in [1.54, 1.807) is 12.1 Å². The Morgan fingerprint density at radius 3 is 2.73 bits per heavy atom. The highest BCUT2D eigenvalue weighted by Crippen LogP contribution is 2.44. The second kappa shape index (κ2) is 7.00. The number of hydrogen-bond acceptors (Lipinski definition) is 4. The number of carbonyl (C=O) groups excluding carboxylic acids is 2. The number of aromatic nitrogens is 1. The van der Waals surface area contributed by atoms with E-state index in [0.717, 1.165) is 29.7 Å². The topological polar surface area (TPSA) is 85.1 Å². The molecule has 2 amide bonds. The van der Waals surface area contributed by atoms with Gasteiger partial charge in [0.25, 0.3) is 11.8 Å². The van der Waals surface area contributed by atoms with E-state index in [1.807, 2.05) is 0 Å². The summed E-state index contributed by atoms with van der Waals surface area (Å²) in [6.45, 7) is 6.70. The molecule has 5 nitrogen and oxygen atoms in total. The van der Waals surface area contributed by atoms with E-state index in [2.05, 4.69) is 31.1 Å². The number of halogens is 1. The Labute approximate surface area is 162 Å². The third kappa shape index (κ3) is 3.62. The Balaban J connectivity index is 1.94. The second-order valence-electron chi connectivity index (χ2n) is 7.67. The summed E-state index contributed by atoms with van der Waals surface area (Å²) in [6, 6.07) is 3.24. The van der Waals surface area contributed by atoms with Crippen LogP contribution in [-0.2, 0) is 12.8 Å². The van der Waals surface area contributed by atoms with Gasteiger partial charge in [-0.05, 0) is 48.3 Å². The Kier molecular flexibility index (Phi) is 5.08. The molecular weight excluding hydrogens is 370 g/mol. The molecule has 0 saturated heterocycles. The van der Waals surface area contributed by atoms with E-state index in [0.29, 0.717) is 16.5 Å². The van der Waals surface area contributed by atoms with Crippen molar-refractivity contribution in [3.8, 4) is 0 Å². The molecule has 1 aliphatic carbocycles. The summed E-state index contributed by atoms with van der Waals surface area (Å²) in [5, 5.41) is 3.44. The van der Waals surface area contributed by atoms with E-state index in [9.17, 15) is 9.59 Å². The molecule has 0 aromatic carbocycles. The summed E-state index contributed by atoms with van der Waals surface area (Å²) in [5.41, 5.74) is 7.51. The van der Waals surface area contributed by atoms with Gasteiger partial charge >= 0.3 is 0 Å². The molecule has 1 atom stereocenters. The van der Waals surface area contributed by atoms with Crippen LogP contribution in [0.1, 0.15) is 58.3 Å². The lowest BCUT2D eigenvalue weighted by molar-refractivity contribution is 0.1000. The predicted octanol–water partition coefficient (Wildman–Crippen LogP) is 4.30. The fraction of sp³-hybridized carbons (Fsp3) is 0.421. The molecule has 0 saturated carbocycles. The Hall–Kier alpha value is -1.92. The zero-order valence-electron chi connectivity index (χ0n) is 15.1. The third-order valence-electron chi connectivity index (χ3n) is 4.97. The van der Waals surface area contributed by atoms with E-state index in [4.69, 9.17) is 17.3 Å². The third-order valence-corrected chi connectivity index (χ3v) is 6.44. The monoisotopic (exact) mass is 391 g/mol. The molecule has 3 rings (SSSR count). The molecule has 0 bridgehead atoms. The van der Waals surface area contributed by atoms with Crippen molar-refractivity contribution in [1.82, 2.24) is 4.98 Å². The molecule has 0 spiro atoms. The molecular formula is C19H22ClN3O2S. The van der Waals surface area contributed by atoms with Crippen molar-refractivity contribution in [2.24, 2.45) is 17.1 Å². The van der Waals surface area contributed by atoms with Crippen molar-refractivity contribution in [3.63, 3.8) is 0 Å². The smallest absolute Gasteiger partial charge is 0.259 e.